The highest BCUT2D eigenvalue weighted by atomic mass is 32.2. The lowest BCUT2D eigenvalue weighted by Crippen LogP contribution is -1.91. The van der Waals surface area contributed by atoms with E-state index in [9.17, 15) is 0 Å². The van der Waals surface area contributed by atoms with E-state index in [4.69, 9.17) is 5.73 Å². The molecule has 1 aromatic carbocycles. The van der Waals surface area contributed by atoms with E-state index in [1.807, 2.05) is 31.2 Å². The van der Waals surface area contributed by atoms with Crippen LogP contribution in [0.2, 0.25) is 0 Å². The molecule has 0 saturated carbocycles. The van der Waals surface area contributed by atoms with Crippen LogP contribution in [0.3, 0.4) is 0 Å². The molecule has 0 saturated heterocycles. The zero-order valence-electron chi connectivity index (χ0n) is 10.4. The third kappa shape index (κ3) is 2.37. The van der Waals surface area contributed by atoms with Gasteiger partial charge in [0, 0.05) is 45.6 Å². The van der Waals surface area contributed by atoms with Crippen molar-refractivity contribution in [2.75, 3.05) is 5.73 Å². The highest BCUT2D eigenvalue weighted by molar-refractivity contribution is 7.99. The molecule has 94 valence electrons. The average Bonchev–Trinajstić information content (AvgIpc) is 2.42. The minimum absolute atomic E-state index is 0.734. The molecule has 0 unspecified atom stereocenters. The molecule has 5 heteroatoms. The Hall–Kier alpha value is -2.14. The first-order valence-electron chi connectivity index (χ1n) is 5.84. The summed E-state index contributed by atoms with van der Waals surface area (Å²) in [6.07, 6.45) is 5.32. The molecule has 2 heterocycles. The normalized spacial score (nSPS) is 10.8. The third-order valence-electron chi connectivity index (χ3n) is 2.79. The van der Waals surface area contributed by atoms with E-state index >= 15 is 0 Å². The molecular formula is C14H12N4S. The minimum atomic E-state index is 0.734. The summed E-state index contributed by atoms with van der Waals surface area (Å²) in [5.41, 5.74) is 7.65. The van der Waals surface area contributed by atoms with E-state index in [1.165, 1.54) is 11.8 Å². The van der Waals surface area contributed by atoms with E-state index in [0.717, 1.165) is 32.2 Å². The van der Waals surface area contributed by atoms with Gasteiger partial charge >= 0.3 is 0 Å². The van der Waals surface area contributed by atoms with Crippen molar-refractivity contribution in [2.24, 2.45) is 0 Å². The molecule has 0 atom stereocenters. The number of aryl methyl sites for hydroxylation is 1. The van der Waals surface area contributed by atoms with Gasteiger partial charge in [-0.1, -0.05) is 0 Å². The van der Waals surface area contributed by atoms with E-state index in [-0.39, 0.29) is 0 Å². The molecule has 0 aliphatic rings. The van der Waals surface area contributed by atoms with Crippen molar-refractivity contribution >= 4 is 28.2 Å². The minimum Gasteiger partial charge on any atom is -0.398 e. The molecule has 0 amide bonds. The van der Waals surface area contributed by atoms with Crippen molar-refractivity contribution in [1.82, 2.24) is 15.0 Å². The molecular weight excluding hydrogens is 256 g/mol. The first-order valence-corrected chi connectivity index (χ1v) is 6.65. The summed E-state index contributed by atoms with van der Waals surface area (Å²) in [6, 6.07) is 7.73. The maximum Gasteiger partial charge on any atom is 0.192 e. The number of benzene rings is 1. The van der Waals surface area contributed by atoms with Crippen molar-refractivity contribution in [3.05, 3.63) is 48.5 Å². The van der Waals surface area contributed by atoms with E-state index < -0.39 is 0 Å². The maximum absolute atomic E-state index is 5.96. The summed E-state index contributed by atoms with van der Waals surface area (Å²) in [4.78, 5) is 13.9. The lowest BCUT2D eigenvalue weighted by Gasteiger charge is -2.07. The number of anilines is 1. The Kier molecular flexibility index (Phi) is 3.05. The van der Waals surface area contributed by atoms with Crippen molar-refractivity contribution < 1.29 is 0 Å². The molecule has 4 nitrogen and oxygen atoms in total. The van der Waals surface area contributed by atoms with Gasteiger partial charge in [0.2, 0.25) is 0 Å². The Balaban J connectivity index is 2.09. The Labute approximate surface area is 115 Å². The fraction of sp³-hybridized carbons (Fsp3) is 0.0714. The summed E-state index contributed by atoms with van der Waals surface area (Å²) >= 11 is 1.53. The van der Waals surface area contributed by atoms with Gasteiger partial charge in [0.15, 0.2) is 5.16 Å². The fourth-order valence-electron chi connectivity index (χ4n) is 1.85. The number of pyridine rings is 1. The molecule has 0 aliphatic heterocycles. The van der Waals surface area contributed by atoms with Gasteiger partial charge in [-0.05, 0) is 43.0 Å². The van der Waals surface area contributed by atoms with Crippen LogP contribution in [-0.2, 0) is 0 Å². The van der Waals surface area contributed by atoms with Gasteiger partial charge in [0.1, 0.15) is 0 Å². The lowest BCUT2D eigenvalue weighted by molar-refractivity contribution is 0.933. The van der Waals surface area contributed by atoms with Gasteiger partial charge in [-0.15, -0.1) is 0 Å². The Morgan fingerprint density at radius 3 is 2.79 bits per heavy atom. The molecule has 3 aromatic rings. The predicted molar refractivity (Wildman–Crippen MR) is 77.0 cm³/mol. The number of rotatable bonds is 2. The molecule has 0 spiro atoms. The van der Waals surface area contributed by atoms with Crippen molar-refractivity contribution in [2.45, 2.75) is 17.0 Å². The van der Waals surface area contributed by atoms with E-state index in [0.29, 0.717) is 0 Å². The molecule has 3 rings (SSSR count). The van der Waals surface area contributed by atoms with Crippen LogP contribution in [0, 0.1) is 6.92 Å². The van der Waals surface area contributed by atoms with Gasteiger partial charge in [-0.25, -0.2) is 9.97 Å². The summed E-state index contributed by atoms with van der Waals surface area (Å²) in [5.74, 6) is 0. The first-order chi connectivity index (χ1) is 9.24. The number of hydrogen-bond donors (Lipinski definition) is 1. The second-order valence-electron chi connectivity index (χ2n) is 4.16. The summed E-state index contributed by atoms with van der Waals surface area (Å²) < 4.78 is 0. The molecule has 0 aliphatic carbocycles. The summed E-state index contributed by atoms with van der Waals surface area (Å²) in [7, 11) is 0. The van der Waals surface area contributed by atoms with E-state index in [1.54, 1.807) is 18.6 Å². The lowest BCUT2D eigenvalue weighted by atomic mass is 10.1. The molecule has 19 heavy (non-hydrogen) atoms. The molecule has 2 N–H and O–H groups in total. The van der Waals surface area contributed by atoms with Crippen LogP contribution < -0.4 is 5.73 Å². The molecule has 0 radical (unpaired) electrons. The highest BCUT2D eigenvalue weighted by Crippen LogP contribution is 2.33. The fourth-order valence-corrected chi connectivity index (χ4v) is 2.77. The standard InChI is InChI=1S/C14H12N4S/c1-9-4-7-17-14(18-9)19-13-3-2-12(15)11-8-16-6-5-10(11)13/h2-8H,15H2,1H3. The number of nitrogens with zero attached hydrogens (tertiary/aromatic N) is 3. The Bertz CT molecular complexity index is 742. The molecule has 2 aromatic heterocycles. The van der Waals surface area contributed by atoms with Gasteiger partial charge in [0.25, 0.3) is 0 Å². The number of nitrogen functional groups attached to an aromatic ring is 1. The van der Waals surface area contributed by atoms with Crippen molar-refractivity contribution in [1.29, 1.82) is 0 Å². The van der Waals surface area contributed by atoms with Crippen molar-refractivity contribution in [3.63, 3.8) is 0 Å². The van der Waals surface area contributed by atoms with Gasteiger partial charge in [-0.3, -0.25) is 4.98 Å². The smallest absolute Gasteiger partial charge is 0.192 e. The second kappa shape index (κ2) is 4.85. The quantitative estimate of drug-likeness (QED) is 0.571. The average molecular weight is 268 g/mol. The number of nitrogens with two attached hydrogens (primary N) is 1. The predicted octanol–water partition coefficient (Wildman–Crippen LogP) is 3.07. The third-order valence-corrected chi connectivity index (χ3v) is 3.74. The monoisotopic (exact) mass is 268 g/mol. The van der Waals surface area contributed by atoms with Gasteiger partial charge in [-0.2, -0.15) is 0 Å². The van der Waals surface area contributed by atoms with Crippen LogP contribution in [0.5, 0.6) is 0 Å². The number of aromatic nitrogens is 3. The van der Waals surface area contributed by atoms with Gasteiger partial charge in [0.05, 0.1) is 0 Å². The first kappa shape index (κ1) is 11.9. The highest BCUT2D eigenvalue weighted by Gasteiger charge is 2.07. The van der Waals surface area contributed by atoms with Crippen LogP contribution in [0.1, 0.15) is 5.69 Å². The number of fused-ring (bicyclic) bond motifs is 1. The SMILES string of the molecule is Cc1ccnc(Sc2ccc(N)c3cnccc23)n1. The van der Waals surface area contributed by atoms with Crippen LogP contribution in [-0.4, -0.2) is 15.0 Å². The Morgan fingerprint density at radius 2 is 1.95 bits per heavy atom. The maximum atomic E-state index is 5.96. The van der Waals surface area contributed by atoms with Crippen LogP contribution >= 0.6 is 11.8 Å². The molecule has 0 fully saturated rings. The number of hydrogen-bond acceptors (Lipinski definition) is 5. The van der Waals surface area contributed by atoms with Crippen LogP contribution in [0.4, 0.5) is 5.69 Å². The summed E-state index contributed by atoms with van der Waals surface area (Å²) in [6.45, 7) is 1.96. The Morgan fingerprint density at radius 1 is 1.05 bits per heavy atom. The summed E-state index contributed by atoms with van der Waals surface area (Å²) in [5, 5.41) is 2.77. The van der Waals surface area contributed by atoms with Crippen LogP contribution in [0.25, 0.3) is 10.8 Å². The molecule has 0 bridgehead atoms. The van der Waals surface area contributed by atoms with Gasteiger partial charge < -0.3 is 5.73 Å². The van der Waals surface area contributed by atoms with Crippen molar-refractivity contribution in [3.8, 4) is 0 Å². The zero-order chi connectivity index (χ0) is 13.2. The van der Waals surface area contributed by atoms with Crippen LogP contribution in [0.15, 0.2) is 52.9 Å². The topological polar surface area (TPSA) is 64.7 Å². The largest absolute Gasteiger partial charge is 0.398 e. The zero-order valence-corrected chi connectivity index (χ0v) is 11.2. The van der Waals surface area contributed by atoms with E-state index in [2.05, 4.69) is 15.0 Å². The second-order valence-corrected chi connectivity index (χ2v) is 5.17.